The van der Waals surface area contributed by atoms with Gasteiger partial charge in [0.05, 0.1) is 0 Å². The van der Waals surface area contributed by atoms with Crippen molar-refractivity contribution in [1.29, 1.82) is 0 Å². The molecule has 5 rings (SSSR count). The van der Waals surface area contributed by atoms with Crippen molar-refractivity contribution in [2.24, 2.45) is 17.8 Å². The van der Waals surface area contributed by atoms with Gasteiger partial charge in [0.15, 0.2) is 0 Å². The number of hydrogen-bond donors (Lipinski definition) is 0. The SMILES string of the molecule is CCCC(C)C1=CC([Si](C)(C)C2=C3C=C4CCCC4=CC3C=C2)=C2C=CC=CC12. The number of fused-ring (bicyclic) bond motifs is 3. The van der Waals surface area contributed by atoms with Crippen LogP contribution < -0.4 is 0 Å². The third kappa shape index (κ3) is 3.01. The number of hydrogen-bond acceptors (Lipinski definition) is 0. The molecule has 3 atom stereocenters. The standard InChI is InChI=1S/C28H34Si/c1-5-9-19(2)25-18-28(24-13-7-6-12-23(24)25)29(3,4)27-15-14-22-16-20-10-8-11-21(20)17-26(22)27/h6-7,12-19,22-23H,5,8-11H2,1-4H3. The summed E-state index contributed by atoms with van der Waals surface area (Å²) >= 11 is 0. The van der Waals surface area contributed by atoms with Crippen molar-refractivity contribution in [3.8, 4) is 0 Å². The second-order valence-electron chi connectivity index (χ2n) is 10.0. The molecule has 1 heteroatoms. The first-order chi connectivity index (χ1) is 14.0. The van der Waals surface area contributed by atoms with Gasteiger partial charge in [-0.05, 0) is 53.9 Å². The lowest BCUT2D eigenvalue weighted by Crippen LogP contribution is -2.32. The highest BCUT2D eigenvalue weighted by atomic mass is 28.3. The van der Waals surface area contributed by atoms with Crippen LogP contribution >= 0.6 is 0 Å². The van der Waals surface area contributed by atoms with Gasteiger partial charge in [-0.2, -0.15) is 0 Å². The van der Waals surface area contributed by atoms with Crippen molar-refractivity contribution in [2.75, 3.05) is 0 Å². The molecule has 0 spiro atoms. The summed E-state index contributed by atoms with van der Waals surface area (Å²) in [6.45, 7) is 9.92. The molecular weight excluding hydrogens is 364 g/mol. The number of allylic oxidation sites excluding steroid dienone is 16. The Morgan fingerprint density at radius 3 is 2.62 bits per heavy atom. The highest BCUT2D eigenvalue weighted by Crippen LogP contribution is 2.49. The van der Waals surface area contributed by atoms with E-state index in [1.807, 2.05) is 0 Å². The second-order valence-corrected chi connectivity index (χ2v) is 14.3. The maximum absolute atomic E-state index is 2.63. The maximum atomic E-state index is 2.63. The molecule has 1 fully saturated rings. The van der Waals surface area contributed by atoms with Crippen molar-refractivity contribution in [3.05, 3.63) is 92.9 Å². The monoisotopic (exact) mass is 398 g/mol. The van der Waals surface area contributed by atoms with E-state index in [9.17, 15) is 0 Å². The van der Waals surface area contributed by atoms with Gasteiger partial charge in [0, 0.05) is 11.8 Å². The van der Waals surface area contributed by atoms with Crippen LogP contribution in [0, 0.1) is 17.8 Å². The molecule has 0 heterocycles. The van der Waals surface area contributed by atoms with E-state index >= 15 is 0 Å². The van der Waals surface area contributed by atoms with Crippen LogP contribution in [0.15, 0.2) is 92.9 Å². The minimum Gasteiger partial charge on any atom is -0.0733 e. The molecular formula is C28H34Si. The highest BCUT2D eigenvalue weighted by molar-refractivity contribution is 6.92. The summed E-state index contributed by atoms with van der Waals surface area (Å²) in [5.41, 5.74) is 8.11. The fourth-order valence-electron chi connectivity index (χ4n) is 6.18. The Hall–Kier alpha value is -1.86. The summed E-state index contributed by atoms with van der Waals surface area (Å²) in [4.78, 5) is 0. The molecule has 0 saturated heterocycles. The van der Waals surface area contributed by atoms with E-state index in [-0.39, 0.29) is 0 Å². The third-order valence-corrected chi connectivity index (χ3v) is 11.4. The molecule has 0 amide bonds. The molecule has 150 valence electrons. The zero-order valence-corrected chi connectivity index (χ0v) is 19.5. The Labute approximate surface area is 177 Å². The molecule has 0 aromatic carbocycles. The first kappa shape index (κ1) is 19.1. The molecule has 0 aromatic rings. The largest absolute Gasteiger partial charge is 0.113 e. The Kier molecular flexibility index (Phi) is 4.70. The van der Waals surface area contributed by atoms with Gasteiger partial charge in [-0.15, -0.1) is 0 Å². The first-order valence-electron chi connectivity index (χ1n) is 11.7. The van der Waals surface area contributed by atoms with Crippen LogP contribution in [0.4, 0.5) is 0 Å². The van der Waals surface area contributed by atoms with Gasteiger partial charge in [0.25, 0.3) is 0 Å². The van der Waals surface area contributed by atoms with Crippen molar-refractivity contribution in [2.45, 2.75) is 59.0 Å². The molecule has 5 aliphatic carbocycles. The molecule has 0 aliphatic heterocycles. The van der Waals surface area contributed by atoms with Crippen LogP contribution in [0.1, 0.15) is 46.0 Å². The average molecular weight is 399 g/mol. The third-order valence-electron chi connectivity index (χ3n) is 7.80. The van der Waals surface area contributed by atoms with E-state index in [0.29, 0.717) is 17.8 Å². The van der Waals surface area contributed by atoms with E-state index in [4.69, 9.17) is 0 Å². The van der Waals surface area contributed by atoms with Gasteiger partial charge < -0.3 is 0 Å². The lowest BCUT2D eigenvalue weighted by Gasteiger charge is -2.29. The van der Waals surface area contributed by atoms with Crippen LogP contribution in [-0.4, -0.2) is 8.07 Å². The fourth-order valence-corrected chi connectivity index (χ4v) is 9.43. The molecule has 0 N–H and O–H groups in total. The Bertz CT molecular complexity index is 983. The summed E-state index contributed by atoms with van der Waals surface area (Å²) in [5.74, 6) is 1.71. The molecule has 0 radical (unpaired) electrons. The summed E-state index contributed by atoms with van der Waals surface area (Å²) in [6, 6.07) is 0. The average Bonchev–Trinajstić information content (AvgIpc) is 3.42. The first-order valence-corrected chi connectivity index (χ1v) is 14.7. The zero-order chi connectivity index (χ0) is 20.2. The van der Waals surface area contributed by atoms with Gasteiger partial charge in [0.1, 0.15) is 8.07 Å². The van der Waals surface area contributed by atoms with Gasteiger partial charge in [-0.25, -0.2) is 0 Å². The van der Waals surface area contributed by atoms with Crippen molar-refractivity contribution < 1.29 is 0 Å². The topological polar surface area (TPSA) is 0 Å². The van der Waals surface area contributed by atoms with Gasteiger partial charge in [-0.3, -0.25) is 0 Å². The summed E-state index contributed by atoms with van der Waals surface area (Å²) in [7, 11) is -1.77. The zero-order valence-electron chi connectivity index (χ0n) is 18.5. The van der Waals surface area contributed by atoms with E-state index in [2.05, 4.69) is 81.6 Å². The maximum Gasteiger partial charge on any atom is 0.113 e. The van der Waals surface area contributed by atoms with Crippen LogP contribution in [0.25, 0.3) is 0 Å². The van der Waals surface area contributed by atoms with E-state index in [1.165, 1.54) is 32.1 Å². The normalized spacial score (nSPS) is 28.3. The molecule has 0 bridgehead atoms. The van der Waals surface area contributed by atoms with Crippen LogP contribution in [-0.2, 0) is 0 Å². The molecule has 3 unspecified atom stereocenters. The van der Waals surface area contributed by atoms with Crippen LogP contribution in [0.5, 0.6) is 0 Å². The minimum atomic E-state index is -1.77. The summed E-state index contributed by atoms with van der Waals surface area (Å²) in [5, 5.41) is 3.34. The van der Waals surface area contributed by atoms with Gasteiger partial charge in [-0.1, -0.05) is 104 Å². The smallest absolute Gasteiger partial charge is 0.0733 e. The minimum absolute atomic E-state index is 0.515. The van der Waals surface area contributed by atoms with E-state index in [0.717, 1.165) is 0 Å². The number of rotatable bonds is 5. The van der Waals surface area contributed by atoms with Crippen molar-refractivity contribution in [1.82, 2.24) is 0 Å². The highest BCUT2D eigenvalue weighted by Gasteiger charge is 2.41. The second kappa shape index (κ2) is 7.13. The lowest BCUT2D eigenvalue weighted by molar-refractivity contribution is 0.569. The van der Waals surface area contributed by atoms with E-state index < -0.39 is 8.07 Å². The Balaban J connectivity index is 1.58. The molecule has 1 saturated carbocycles. The Morgan fingerprint density at radius 2 is 1.79 bits per heavy atom. The summed E-state index contributed by atoms with van der Waals surface area (Å²) < 4.78 is 0. The summed E-state index contributed by atoms with van der Waals surface area (Å²) in [6.07, 6.45) is 28.5. The Morgan fingerprint density at radius 1 is 0.966 bits per heavy atom. The fraction of sp³-hybridized carbons (Fsp3) is 0.429. The van der Waals surface area contributed by atoms with Crippen molar-refractivity contribution >= 4 is 8.07 Å². The molecule has 0 nitrogen and oxygen atoms in total. The predicted molar refractivity (Wildman–Crippen MR) is 128 cm³/mol. The van der Waals surface area contributed by atoms with Crippen LogP contribution in [0.2, 0.25) is 13.1 Å². The van der Waals surface area contributed by atoms with Crippen LogP contribution in [0.3, 0.4) is 0 Å². The van der Waals surface area contributed by atoms with E-state index in [1.54, 1.807) is 38.3 Å². The molecule has 29 heavy (non-hydrogen) atoms. The van der Waals surface area contributed by atoms with Gasteiger partial charge >= 0.3 is 0 Å². The van der Waals surface area contributed by atoms with Gasteiger partial charge in [0.2, 0.25) is 0 Å². The predicted octanol–water partition coefficient (Wildman–Crippen LogP) is 7.72. The lowest BCUT2D eigenvalue weighted by atomic mass is 9.84. The van der Waals surface area contributed by atoms with Crippen molar-refractivity contribution in [3.63, 3.8) is 0 Å². The molecule has 5 aliphatic rings. The molecule has 0 aromatic heterocycles. The quantitative estimate of drug-likeness (QED) is 0.416.